The molecule has 0 unspecified atom stereocenters. The van der Waals surface area contributed by atoms with Gasteiger partial charge in [-0.3, -0.25) is 9.63 Å². The summed E-state index contributed by atoms with van der Waals surface area (Å²) in [5, 5.41) is 1.94. The van der Waals surface area contributed by atoms with Gasteiger partial charge in [0.05, 0.1) is 6.61 Å². The summed E-state index contributed by atoms with van der Waals surface area (Å²) in [5.74, 6) is 0.945. The molecule has 4 nitrogen and oxygen atoms in total. The van der Waals surface area contributed by atoms with Crippen molar-refractivity contribution in [1.82, 2.24) is 9.96 Å². The van der Waals surface area contributed by atoms with Crippen molar-refractivity contribution >= 4 is 5.91 Å². The zero-order valence-corrected chi connectivity index (χ0v) is 14.0. The molecule has 126 valence electrons. The summed E-state index contributed by atoms with van der Waals surface area (Å²) in [5.41, 5.74) is 1.40. The maximum Gasteiger partial charge on any atom is 0.223 e. The molecule has 0 spiro atoms. The Morgan fingerprint density at radius 1 is 1.17 bits per heavy atom. The smallest absolute Gasteiger partial charge is 0.223 e. The third-order valence-corrected chi connectivity index (χ3v) is 4.96. The Bertz CT molecular complexity index is 485. The number of piperidine rings is 1. The Morgan fingerprint density at radius 3 is 2.83 bits per heavy atom. The molecule has 3 rings (SSSR count). The fourth-order valence-corrected chi connectivity index (χ4v) is 3.60. The number of benzene rings is 1. The van der Waals surface area contributed by atoms with E-state index in [0.29, 0.717) is 18.2 Å². The van der Waals surface area contributed by atoms with Crippen molar-refractivity contribution in [1.29, 1.82) is 0 Å². The molecule has 1 aromatic carbocycles. The molecule has 0 radical (unpaired) electrons. The van der Waals surface area contributed by atoms with Crippen LogP contribution < -0.4 is 0 Å². The first-order valence-corrected chi connectivity index (χ1v) is 9.01. The number of nitrogens with zero attached hydrogens (tertiary/aromatic N) is 2. The first kappa shape index (κ1) is 16.5. The van der Waals surface area contributed by atoms with Gasteiger partial charge in [-0.1, -0.05) is 30.3 Å². The number of hydrogen-bond donors (Lipinski definition) is 0. The van der Waals surface area contributed by atoms with Crippen LogP contribution in [0.4, 0.5) is 0 Å². The maximum atomic E-state index is 12.4. The maximum absolute atomic E-state index is 12.4. The molecule has 2 aliphatic heterocycles. The minimum atomic E-state index is 0.296. The predicted molar refractivity (Wildman–Crippen MR) is 90.8 cm³/mol. The second kappa shape index (κ2) is 8.46. The number of hydroxylamine groups is 2. The van der Waals surface area contributed by atoms with Crippen molar-refractivity contribution in [2.24, 2.45) is 5.92 Å². The Hall–Kier alpha value is -1.39. The molecule has 2 aliphatic rings. The average Bonchev–Trinajstić information content (AvgIpc) is 3.12. The summed E-state index contributed by atoms with van der Waals surface area (Å²) in [4.78, 5) is 20.0. The zero-order chi connectivity index (χ0) is 15.9. The molecular formula is C19H28N2O2. The van der Waals surface area contributed by atoms with Crippen LogP contribution in [0, 0.1) is 5.92 Å². The zero-order valence-electron chi connectivity index (χ0n) is 14.0. The van der Waals surface area contributed by atoms with Crippen LogP contribution in [-0.4, -0.2) is 48.7 Å². The summed E-state index contributed by atoms with van der Waals surface area (Å²) < 4.78 is 0. The van der Waals surface area contributed by atoms with Crippen molar-refractivity contribution < 1.29 is 9.63 Å². The molecule has 1 amide bonds. The Balaban J connectivity index is 1.41. The van der Waals surface area contributed by atoms with Gasteiger partial charge >= 0.3 is 0 Å². The number of aryl methyl sites for hydroxylation is 1. The lowest BCUT2D eigenvalue weighted by atomic mass is 9.91. The second-order valence-electron chi connectivity index (χ2n) is 6.74. The average molecular weight is 316 g/mol. The van der Waals surface area contributed by atoms with Gasteiger partial charge in [-0.05, 0) is 43.6 Å². The molecule has 1 atom stereocenters. The predicted octanol–water partition coefficient (Wildman–Crippen LogP) is 2.89. The van der Waals surface area contributed by atoms with E-state index in [0.717, 1.165) is 52.0 Å². The minimum Gasteiger partial charge on any atom is -0.342 e. The number of carbonyl (C=O) groups is 1. The van der Waals surface area contributed by atoms with Crippen molar-refractivity contribution in [2.75, 3.05) is 32.8 Å². The lowest BCUT2D eigenvalue weighted by molar-refractivity contribution is -0.140. The van der Waals surface area contributed by atoms with Gasteiger partial charge in [0, 0.05) is 32.6 Å². The highest BCUT2D eigenvalue weighted by Gasteiger charge is 2.24. The van der Waals surface area contributed by atoms with Crippen LogP contribution >= 0.6 is 0 Å². The first-order chi connectivity index (χ1) is 11.3. The summed E-state index contributed by atoms with van der Waals surface area (Å²) in [7, 11) is 0. The van der Waals surface area contributed by atoms with Crippen molar-refractivity contribution in [3.63, 3.8) is 0 Å². The third-order valence-electron chi connectivity index (χ3n) is 4.96. The van der Waals surface area contributed by atoms with E-state index in [9.17, 15) is 4.79 Å². The second-order valence-corrected chi connectivity index (χ2v) is 6.74. The van der Waals surface area contributed by atoms with Gasteiger partial charge in [0.15, 0.2) is 0 Å². The Kier molecular flexibility index (Phi) is 6.06. The van der Waals surface area contributed by atoms with E-state index in [2.05, 4.69) is 35.2 Å². The van der Waals surface area contributed by atoms with Gasteiger partial charge in [-0.25, -0.2) is 0 Å². The molecule has 0 aromatic heterocycles. The van der Waals surface area contributed by atoms with Crippen molar-refractivity contribution in [3.8, 4) is 0 Å². The normalized spacial score (nSPS) is 22.4. The Labute approximate surface area is 139 Å². The van der Waals surface area contributed by atoms with E-state index in [4.69, 9.17) is 4.84 Å². The summed E-state index contributed by atoms with van der Waals surface area (Å²) in [6, 6.07) is 10.7. The highest BCUT2D eigenvalue weighted by Crippen LogP contribution is 2.22. The topological polar surface area (TPSA) is 32.8 Å². The molecule has 0 N–H and O–H groups in total. The highest BCUT2D eigenvalue weighted by atomic mass is 16.7. The molecule has 1 aromatic rings. The monoisotopic (exact) mass is 316 g/mol. The van der Waals surface area contributed by atoms with Crippen LogP contribution in [0.5, 0.6) is 0 Å². The lowest BCUT2D eigenvalue weighted by Gasteiger charge is -2.33. The number of amides is 1. The van der Waals surface area contributed by atoms with Crippen LogP contribution in [-0.2, 0) is 16.1 Å². The standard InChI is InChI=1S/C19H28N2O2/c22-19(11-14-21-13-5-15-23-21)20-12-4-8-18(16-20)10-9-17-6-2-1-3-7-17/h1-3,6-7,18H,4-5,8-16H2/t18-/m0/s1. The minimum absolute atomic E-state index is 0.296. The third kappa shape index (κ3) is 5.05. The largest absolute Gasteiger partial charge is 0.342 e. The molecule has 0 aliphatic carbocycles. The van der Waals surface area contributed by atoms with E-state index in [1.54, 1.807) is 0 Å². The van der Waals surface area contributed by atoms with Crippen LogP contribution in [0.25, 0.3) is 0 Å². The van der Waals surface area contributed by atoms with E-state index < -0.39 is 0 Å². The number of likely N-dealkylation sites (tertiary alicyclic amines) is 1. The molecule has 2 heterocycles. The van der Waals surface area contributed by atoms with Crippen LogP contribution in [0.1, 0.15) is 37.7 Å². The number of rotatable bonds is 6. The summed E-state index contributed by atoms with van der Waals surface area (Å²) in [6.07, 6.45) is 6.38. The molecule has 2 saturated heterocycles. The van der Waals surface area contributed by atoms with E-state index in [-0.39, 0.29) is 0 Å². The quantitative estimate of drug-likeness (QED) is 0.809. The van der Waals surface area contributed by atoms with E-state index in [1.165, 1.54) is 18.4 Å². The fourth-order valence-electron chi connectivity index (χ4n) is 3.60. The van der Waals surface area contributed by atoms with Gasteiger partial charge in [-0.2, -0.15) is 5.06 Å². The molecule has 4 heteroatoms. The number of carbonyl (C=O) groups excluding carboxylic acids is 1. The SMILES string of the molecule is O=C(CCN1CCCO1)N1CCC[C@@H](CCc2ccccc2)C1. The van der Waals surface area contributed by atoms with E-state index in [1.807, 2.05) is 5.06 Å². The van der Waals surface area contributed by atoms with E-state index >= 15 is 0 Å². The molecule has 0 bridgehead atoms. The highest BCUT2D eigenvalue weighted by molar-refractivity contribution is 5.76. The summed E-state index contributed by atoms with van der Waals surface area (Å²) >= 11 is 0. The number of hydrogen-bond acceptors (Lipinski definition) is 3. The van der Waals surface area contributed by atoms with Crippen molar-refractivity contribution in [3.05, 3.63) is 35.9 Å². The van der Waals surface area contributed by atoms with Gasteiger partial charge in [-0.15, -0.1) is 0 Å². The summed E-state index contributed by atoms with van der Waals surface area (Å²) in [6.45, 7) is 4.38. The fraction of sp³-hybridized carbons (Fsp3) is 0.632. The van der Waals surface area contributed by atoms with Crippen LogP contribution in [0.2, 0.25) is 0 Å². The van der Waals surface area contributed by atoms with Crippen LogP contribution in [0.15, 0.2) is 30.3 Å². The van der Waals surface area contributed by atoms with Gasteiger partial charge in [0.1, 0.15) is 0 Å². The van der Waals surface area contributed by atoms with Gasteiger partial charge in [0.25, 0.3) is 0 Å². The van der Waals surface area contributed by atoms with Gasteiger partial charge in [0.2, 0.25) is 5.91 Å². The van der Waals surface area contributed by atoms with Crippen molar-refractivity contribution in [2.45, 2.75) is 38.5 Å². The lowest BCUT2D eigenvalue weighted by Crippen LogP contribution is -2.41. The first-order valence-electron chi connectivity index (χ1n) is 9.01. The van der Waals surface area contributed by atoms with Gasteiger partial charge < -0.3 is 4.90 Å². The molecular weight excluding hydrogens is 288 g/mol. The molecule has 0 saturated carbocycles. The Morgan fingerprint density at radius 2 is 2.04 bits per heavy atom. The molecule has 23 heavy (non-hydrogen) atoms. The molecule has 2 fully saturated rings. The van der Waals surface area contributed by atoms with Crippen LogP contribution in [0.3, 0.4) is 0 Å².